The van der Waals surface area contributed by atoms with Gasteiger partial charge in [-0.2, -0.15) is 0 Å². The summed E-state index contributed by atoms with van der Waals surface area (Å²) in [4.78, 5) is 19.3. The van der Waals surface area contributed by atoms with Gasteiger partial charge >= 0.3 is 6.03 Å². The van der Waals surface area contributed by atoms with Gasteiger partial charge in [-0.1, -0.05) is 62.6 Å². The molecule has 31 heavy (non-hydrogen) atoms. The molecule has 2 amide bonds. The monoisotopic (exact) mass is 433 g/mol. The summed E-state index contributed by atoms with van der Waals surface area (Å²) in [5, 5.41) is 5.75. The Morgan fingerprint density at radius 2 is 1.74 bits per heavy atom. The molecule has 1 saturated carbocycles. The Morgan fingerprint density at radius 3 is 2.39 bits per heavy atom. The van der Waals surface area contributed by atoms with Gasteiger partial charge in [0.2, 0.25) is 0 Å². The van der Waals surface area contributed by atoms with Crippen LogP contribution in [-0.2, 0) is 6.42 Å². The average molecular weight is 434 g/mol. The number of hydrogen-bond donors (Lipinski definition) is 1. The summed E-state index contributed by atoms with van der Waals surface area (Å²) in [5.41, 5.74) is 5.53. The molecule has 0 saturated heterocycles. The van der Waals surface area contributed by atoms with Crippen molar-refractivity contribution in [1.82, 2.24) is 4.98 Å². The van der Waals surface area contributed by atoms with E-state index in [0.29, 0.717) is 12.5 Å². The largest absolute Gasteiger partial charge is 0.328 e. The number of rotatable bonds is 6. The molecule has 0 unspecified atom stereocenters. The SMILES string of the molecule is CCc1ccc(NC(=O)N(CC)c2nc(-c3ccc(C4CCCCC4)cc3)cs2)cc1. The first kappa shape index (κ1) is 21.6. The van der Waals surface area contributed by atoms with Gasteiger partial charge in [0.05, 0.1) is 5.69 Å². The van der Waals surface area contributed by atoms with Crippen molar-refractivity contribution in [2.24, 2.45) is 0 Å². The molecule has 2 aromatic carbocycles. The van der Waals surface area contributed by atoms with Gasteiger partial charge in [0.15, 0.2) is 5.13 Å². The first-order valence-corrected chi connectivity index (χ1v) is 12.3. The van der Waals surface area contributed by atoms with Crippen molar-refractivity contribution in [2.75, 3.05) is 16.8 Å². The topological polar surface area (TPSA) is 45.2 Å². The molecule has 0 spiro atoms. The fraction of sp³-hybridized carbons (Fsp3) is 0.385. The predicted molar refractivity (Wildman–Crippen MR) is 131 cm³/mol. The lowest BCUT2D eigenvalue weighted by molar-refractivity contribution is 0.257. The van der Waals surface area contributed by atoms with Crippen molar-refractivity contribution >= 4 is 28.2 Å². The number of anilines is 2. The van der Waals surface area contributed by atoms with E-state index in [1.54, 1.807) is 4.90 Å². The van der Waals surface area contributed by atoms with Gasteiger partial charge in [0.1, 0.15) is 0 Å². The summed E-state index contributed by atoms with van der Waals surface area (Å²) < 4.78 is 0. The number of amides is 2. The zero-order chi connectivity index (χ0) is 21.6. The number of carbonyl (C=O) groups is 1. The minimum atomic E-state index is -0.153. The fourth-order valence-corrected chi connectivity index (χ4v) is 5.16. The highest BCUT2D eigenvalue weighted by Crippen LogP contribution is 2.34. The van der Waals surface area contributed by atoms with Gasteiger partial charge in [-0.15, -0.1) is 11.3 Å². The van der Waals surface area contributed by atoms with E-state index in [1.165, 1.54) is 54.6 Å². The molecule has 0 atom stereocenters. The van der Waals surface area contributed by atoms with Gasteiger partial charge in [-0.3, -0.25) is 4.90 Å². The fourth-order valence-electron chi connectivity index (χ4n) is 4.26. The molecule has 4 rings (SSSR count). The number of urea groups is 1. The highest BCUT2D eigenvalue weighted by molar-refractivity contribution is 7.14. The van der Waals surface area contributed by atoms with Crippen molar-refractivity contribution in [3.05, 3.63) is 65.0 Å². The van der Waals surface area contributed by atoms with Crippen LogP contribution in [0.25, 0.3) is 11.3 Å². The molecule has 1 aliphatic rings. The van der Waals surface area contributed by atoms with Crippen LogP contribution >= 0.6 is 11.3 Å². The summed E-state index contributed by atoms with van der Waals surface area (Å²) in [6.45, 7) is 4.65. The van der Waals surface area contributed by atoms with E-state index < -0.39 is 0 Å². The van der Waals surface area contributed by atoms with E-state index in [1.807, 2.05) is 36.6 Å². The van der Waals surface area contributed by atoms with E-state index in [2.05, 4.69) is 36.5 Å². The molecule has 5 heteroatoms. The first-order chi connectivity index (χ1) is 15.2. The van der Waals surface area contributed by atoms with Crippen molar-refractivity contribution < 1.29 is 4.79 Å². The molecule has 1 aliphatic carbocycles. The third-order valence-corrected chi connectivity index (χ3v) is 7.04. The van der Waals surface area contributed by atoms with Crippen LogP contribution in [0.1, 0.15) is 63.0 Å². The summed E-state index contributed by atoms with van der Waals surface area (Å²) in [6.07, 6.45) is 7.67. The highest BCUT2D eigenvalue weighted by atomic mass is 32.1. The summed E-state index contributed by atoms with van der Waals surface area (Å²) in [7, 11) is 0. The molecule has 162 valence electrons. The molecule has 4 nitrogen and oxygen atoms in total. The minimum Gasteiger partial charge on any atom is -0.307 e. The van der Waals surface area contributed by atoms with E-state index >= 15 is 0 Å². The number of aromatic nitrogens is 1. The van der Waals surface area contributed by atoms with Gasteiger partial charge in [0, 0.05) is 23.2 Å². The lowest BCUT2D eigenvalue weighted by atomic mass is 9.84. The van der Waals surface area contributed by atoms with Crippen LogP contribution in [0.2, 0.25) is 0 Å². The van der Waals surface area contributed by atoms with Crippen LogP contribution in [-0.4, -0.2) is 17.6 Å². The van der Waals surface area contributed by atoms with Crippen molar-refractivity contribution in [2.45, 2.75) is 58.3 Å². The van der Waals surface area contributed by atoms with Crippen LogP contribution in [0.5, 0.6) is 0 Å². The predicted octanol–water partition coefficient (Wildman–Crippen LogP) is 7.48. The molecule has 1 fully saturated rings. The lowest BCUT2D eigenvalue weighted by Gasteiger charge is -2.22. The average Bonchev–Trinajstić information content (AvgIpc) is 3.30. The maximum absolute atomic E-state index is 12.8. The van der Waals surface area contributed by atoms with E-state index in [0.717, 1.165) is 28.5 Å². The smallest absolute Gasteiger partial charge is 0.307 e. The third kappa shape index (κ3) is 5.16. The quantitative estimate of drug-likeness (QED) is 0.438. The molecule has 0 bridgehead atoms. The second kappa shape index (κ2) is 10.1. The number of nitrogens with one attached hydrogen (secondary N) is 1. The van der Waals surface area contributed by atoms with Crippen LogP contribution in [0, 0.1) is 0 Å². The van der Waals surface area contributed by atoms with Crippen LogP contribution in [0.15, 0.2) is 53.9 Å². The van der Waals surface area contributed by atoms with Gasteiger partial charge in [-0.05, 0) is 55.4 Å². The minimum absolute atomic E-state index is 0.153. The second-order valence-corrected chi connectivity index (χ2v) is 9.03. The lowest BCUT2D eigenvalue weighted by Crippen LogP contribution is -2.34. The van der Waals surface area contributed by atoms with Crippen molar-refractivity contribution in [1.29, 1.82) is 0 Å². The van der Waals surface area contributed by atoms with E-state index in [4.69, 9.17) is 4.98 Å². The Hall–Kier alpha value is -2.66. The number of benzene rings is 2. The zero-order valence-electron chi connectivity index (χ0n) is 18.4. The van der Waals surface area contributed by atoms with Crippen LogP contribution < -0.4 is 10.2 Å². The Labute approximate surface area is 189 Å². The highest BCUT2D eigenvalue weighted by Gasteiger charge is 2.19. The summed E-state index contributed by atoms with van der Waals surface area (Å²) in [5.74, 6) is 0.708. The Kier molecular flexibility index (Phi) is 7.03. The molecule has 1 aromatic heterocycles. The number of carbonyl (C=O) groups excluding carboxylic acids is 1. The number of thiazole rings is 1. The number of aryl methyl sites for hydroxylation is 1. The number of hydrogen-bond acceptors (Lipinski definition) is 3. The maximum Gasteiger partial charge on any atom is 0.328 e. The molecular formula is C26H31N3OS. The van der Waals surface area contributed by atoms with Gasteiger partial charge < -0.3 is 5.32 Å². The third-order valence-electron chi connectivity index (χ3n) is 6.18. The van der Waals surface area contributed by atoms with Gasteiger partial charge in [0.25, 0.3) is 0 Å². The standard InChI is InChI=1S/C26H31N3OS/c1-3-19-10-16-23(17-11-19)27-25(30)29(4-2)26-28-24(18-31-26)22-14-12-21(13-15-22)20-8-6-5-7-9-20/h10-18,20H,3-9H2,1-2H3,(H,27,30). The Balaban J connectivity index is 1.45. The van der Waals surface area contributed by atoms with E-state index in [-0.39, 0.29) is 6.03 Å². The second-order valence-electron chi connectivity index (χ2n) is 8.20. The molecule has 1 N–H and O–H groups in total. The number of nitrogens with zero attached hydrogens (tertiary/aromatic N) is 2. The molecule has 1 heterocycles. The molecule has 0 aliphatic heterocycles. The molecule has 0 radical (unpaired) electrons. The first-order valence-electron chi connectivity index (χ1n) is 11.4. The van der Waals surface area contributed by atoms with Crippen molar-refractivity contribution in [3.63, 3.8) is 0 Å². The Morgan fingerprint density at radius 1 is 1.03 bits per heavy atom. The molecular weight excluding hydrogens is 402 g/mol. The Bertz CT molecular complexity index is 988. The summed E-state index contributed by atoms with van der Waals surface area (Å²) in [6, 6.07) is 16.7. The normalized spacial score (nSPS) is 14.4. The zero-order valence-corrected chi connectivity index (χ0v) is 19.3. The molecule has 3 aromatic rings. The van der Waals surface area contributed by atoms with Crippen molar-refractivity contribution in [3.8, 4) is 11.3 Å². The van der Waals surface area contributed by atoms with Crippen LogP contribution in [0.4, 0.5) is 15.6 Å². The van der Waals surface area contributed by atoms with Gasteiger partial charge in [-0.25, -0.2) is 9.78 Å². The van der Waals surface area contributed by atoms with E-state index in [9.17, 15) is 4.79 Å². The summed E-state index contributed by atoms with van der Waals surface area (Å²) >= 11 is 1.51. The van der Waals surface area contributed by atoms with Crippen LogP contribution in [0.3, 0.4) is 0 Å². The maximum atomic E-state index is 12.8.